The van der Waals surface area contributed by atoms with E-state index in [9.17, 15) is 9.59 Å². The molecule has 8 heteroatoms. The first-order valence-corrected chi connectivity index (χ1v) is 10.8. The molecule has 2 heterocycles. The van der Waals surface area contributed by atoms with Crippen LogP contribution in [0, 0.1) is 0 Å². The summed E-state index contributed by atoms with van der Waals surface area (Å²) in [5.41, 5.74) is 1.45. The Kier molecular flexibility index (Phi) is 6.30. The molecule has 0 radical (unpaired) electrons. The van der Waals surface area contributed by atoms with Gasteiger partial charge in [-0.15, -0.1) is 0 Å². The van der Waals surface area contributed by atoms with E-state index in [-0.39, 0.29) is 11.9 Å². The van der Waals surface area contributed by atoms with Crippen LogP contribution in [0.2, 0.25) is 0 Å². The zero-order chi connectivity index (χ0) is 20.9. The number of aromatic nitrogens is 2. The molecular formula is C22H29N5O3. The summed E-state index contributed by atoms with van der Waals surface area (Å²) in [6.45, 7) is 2.18. The normalized spacial score (nSPS) is 16.8. The van der Waals surface area contributed by atoms with Gasteiger partial charge in [0.05, 0.1) is 0 Å². The fourth-order valence-electron chi connectivity index (χ4n) is 4.06. The van der Waals surface area contributed by atoms with Gasteiger partial charge in [-0.3, -0.25) is 4.79 Å². The minimum absolute atomic E-state index is 0.0520. The number of urea groups is 1. The first-order chi connectivity index (χ1) is 14.6. The summed E-state index contributed by atoms with van der Waals surface area (Å²) in [5.74, 6) is 1.05. The Morgan fingerprint density at radius 3 is 2.53 bits per heavy atom. The van der Waals surface area contributed by atoms with Crippen LogP contribution in [-0.2, 0) is 6.42 Å². The molecule has 4 rings (SSSR count). The van der Waals surface area contributed by atoms with Gasteiger partial charge in [0.1, 0.15) is 0 Å². The second-order valence-electron chi connectivity index (χ2n) is 8.19. The Morgan fingerprint density at radius 2 is 1.83 bits per heavy atom. The third kappa shape index (κ3) is 4.80. The molecule has 8 nitrogen and oxygen atoms in total. The topological polar surface area (TPSA) is 91.6 Å². The molecule has 1 N–H and O–H groups in total. The number of nitrogens with zero attached hydrogens (tertiary/aromatic N) is 4. The van der Waals surface area contributed by atoms with Crippen LogP contribution in [0.3, 0.4) is 0 Å². The molecule has 2 fully saturated rings. The molecule has 1 saturated carbocycles. The van der Waals surface area contributed by atoms with Crippen molar-refractivity contribution >= 4 is 11.9 Å². The van der Waals surface area contributed by atoms with Gasteiger partial charge in [0.15, 0.2) is 5.82 Å². The molecule has 2 aromatic rings. The Hall–Kier alpha value is -2.90. The molecule has 0 atom stereocenters. The van der Waals surface area contributed by atoms with Gasteiger partial charge in [-0.2, -0.15) is 4.98 Å². The van der Waals surface area contributed by atoms with Crippen molar-refractivity contribution in [3.8, 4) is 11.5 Å². The van der Waals surface area contributed by atoms with E-state index in [1.807, 2.05) is 17.0 Å². The van der Waals surface area contributed by atoms with Gasteiger partial charge >= 0.3 is 6.03 Å². The molecule has 0 unspecified atom stereocenters. The molecule has 1 aliphatic carbocycles. The van der Waals surface area contributed by atoms with Crippen molar-refractivity contribution in [2.45, 2.75) is 51.0 Å². The lowest BCUT2D eigenvalue weighted by Gasteiger charge is -2.20. The van der Waals surface area contributed by atoms with Crippen molar-refractivity contribution < 1.29 is 14.1 Å². The lowest BCUT2D eigenvalue weighted by molar-refractivity contribution is 0.0793. The summed E-state index contributed by atoms with van der Waals surface area (Å²) < 4.78 is 5.38. The number of rotatable bonds is 6. The Labute approximate surface area is 176 Å². The fourth-order valence-corrected chi connectivity index (χ4v) is 4.06. The third-order valence-corrected chi connectivity index (χ3v) is 5.94. The quantitative estimate of drug-likeness (QED) is 0.789. The SMILES string of the molecule is CN(CCc1noc(-c2ccc(C(=O)N3CCCC3)cc2)n1)C(=O)NC1CCCC1. The molecule has 1 aromatic heterocycles. The molecule has 0 bridgehead atoms. The second kappa shape index (κ2) is 9.28. The third-order valence-electron chi connectivity index (χ3n) is 5.94. The predicted molar refractivity (Wildman–Crippen MR) is 112 cm³/mol. The summed E-state index contributed by atoms with van der Waals surface area (Å²) in [6, 6.07) is 7.53. The maximum Gasteiger partial charge on any atom is 0.317 e. The lowest BCUT2D eigenvalue weighted by atomic mass is 10.1. The minimum Gasteiger partial charge on any atom is -0.339 e. The van der Waals surface area contributed by atoms with Crippen molar-refractivity contribution in [1.82, 2.24) is 25.3 Å². The number of likely N-dealkylation sites (tertiary alicyclic amines) is 1. The zero-order valence-electron chi connectivity index (χ0n) is 17.5. The highest BCUT2D eigenvalue weighted by molar-refractivity contribution is 5.94. The maximum atomic E-state index is 12.4. The minimum atomic E-state index is -0.0520. The number of amides is 3. The van der Waals surface area contributed by atoms with E-state index >= 15 is 0 Å². The summed E-state index contributed by atoms with van der Waals surface area (Å²) in [4.78, 5) is 32.7. The number of benzene rings is 1. The van der Waals surface area contributed by atoms with Crippen LogP contribution in [-0.4, -0.2) is 64.6 Å². The van der Waals surface area contributed by atoms with Crippen molar-refractivity contribution in [2.75, 3.05) is 26.7 Å². The molecule has 2 aliphatic rings. The Bertz CT molecular complexity index is 867. The Balaban J connectivity index is 1.30. The number of hydrogen-bond acceptors (Lipinski definition) is 5. The van der Waals surface area contributed by atoms with Gasteiger partial charge in [0.25, 0.3) is 11.8 Å². The Morgan fingerprint density at radius 1 is 1.13 bits per heavy atom. The van der Waals surface area contributed by atoms with Crippen LogP contribution < -0.4 is 5.32 Å². The van der Waals surface area contributed by atoms with Gasteiger partial charge in [-0.1, -0.05) is 18.0 Å². The van der Waals surface area contributed by atoms with Crippen molar-refractivity contribution in [3.05, 3.63) is 35.7 Å². The highest BCUT2D eigenvalue weighted by Crippen LogP contribution is 2.20. The summed E-state index contributed by atoms with van der Waals surface area (Å²) >= 11 is 0. The van der Waals surface area contributed by atoms with Crippen LogP contribution in [0.15, 0.2) is 28.8 Å². The number of nitrogens with one attached hydrogen (secondary N) is 1. The van der Waals surface area contributed by atoms with E-state index in [1.54, 1.807) is 24.1 Å². The molecular weight excluding hydrogens is 382 g/mol. The fraction of sp³-hybridized carbons (Fsp3) is 0.545. The van der Waals surface area contributed by atoms with E-state index in [0.29, 0.717) is 36.3 Å². The number of carbonyl (C=O) groups is 2. The average molecular weight is 412 g/mol. The monoisotopic (exact) mass is 411 g/mol. The first kappa shape index (κ1) is 20.4. The summed E-state index contributed by atoms with van der Waals surface area (Å²) in [5, 5.41) is 7.10. The highest BCUT2D eigenvalue weighted by atomic mass is 16.5. The van der Waals surface area contributed by atoms with Crippen LogP contribution in [0.5, 0.6) is 0 Å². The molecule has 3 amide bonds. The van der Waals surface area contributed by atoms with Gasteiger partial charge in [-0.05, 0) is 49.9 Å². The van der Waals surface area contributed by atoms with Gasteiger partial charge in [0.2, 0.25) is 0 Å². The van der Waals surface area contributed by atoms with Gasteiger partial charge in [0, 0.05) is 50.3 Å². The molecule has 1 aliphatic heterocycles. The predicted octanol–water partition coefficient (Wildman–Crippen LogP) is 3.10. The van der Waals surface area contributed by atoms with Gasteiger partial charge in [-0.25, -0.2) is 4.79 Å². The van der Waals surface area contributed by atoms with Crippen LogP contribution in [0.1, 0.15) is 54.7 Å². The maximum absolute atomic E-state index is 12.4. The van der Waals surface area contributed by atoms with E-state index < -0.39 is 0 Å². The smallest absolute Gasteiger partial charge is 0.317 e. The average Bonchev–Trinajstić information content (AvgIpc) is 3.54. The van der Waals surface area contributed by atoms with E-state index in [4.69, 9.17) is 4.52 Å². The van der Waals surface area contributed by atoms with E-state index in [1.165, 1.54) is 12.8 Å². The first-order valence-electron chi connectivity index (χ1n) is 10.8. The van der Waals surface area contributed by atoms with Crippen molar-refractivity contribution in [2.24, 2.45) is 0 Å². The number of likely N-dealkylation sites (N-methyl/N-ethyl adjacent to an activating group) is 1. The van der Waals surface area contributed by atoms with Crippen molar-refractivity contribution in [3.63, 3.8) is 0 Å². The van der Waals surface area contributed by atoms with Crippen LogP contribution in [0.4, 0.5) is 4.79 Å². The largest absolute Gasteiger partial charge is 0.339 e. The summed E-state index contributed by atoms with van der Waals surface area (Å²) in [6.07, 6.45) is 7.18. The summed E-state index contributed by atoms with van der Waals surface area (Å²) in [7, 11) is 1.78. The lowest BCUT2D eigenvalue weighted by Crippen LogP contribution is -2.42. The number of hydrogen-bond donors (Lipinski definition) is 1. The molecule has 1 aromatic carbocycles. The van der Waals surface area contributed by atoms with Crippen molar-refractivity contribution in [1.29, 1.82) is 0 Å². The molecule has 1 saturated heterocycles. The second-order valence-corrected chi connectivity index (χ2v) is 8.19. The highest BCUT2D eigenvalue weighted by Gasteiger charge is 2.21. The molecule has 160 valence electrons. The van der Waals surface area contributed by atoms with Crippen LogP contribution >= 0.6 is 0 Å². The van der Waals surface area contributed by atoms with Crippen LogP contribution in [0.25, 0.3) is 11.5 Å². The number of carbonyl (C=O) groups excluding carboxylic acids is 2. The van der Waals surface area contributed by atoms with Gasteiger partial charge < -0.3 is 19.6 Å². The zero-order valence-corrected chi connectivity index (χ0v) is 17.5. The van der Waals surface area contributed by atoms with E-state index in [0.717, 1.165) is 44.3 Å². The molecule has 0 spiro atoms. The molecule has 30 heavy (non-hydrogen) atoms. The standard InChI is InChI=1S/C22H29N5O3/c1-26(22(29)23-18-6-2-3-7-18)15-12-19-24-20(30-25-19)16-8-10-17(11-9-16)21(28)27-13-4-5-14-27/h8-11,18H,2-7,12-15H2,1H3,(H,23,29). The van der Waals surface area contributed by atoms with E-state index in [2.05, 4.69) is 15.5 Å².